The van der Waals surface area contributed by atoms with Crippen LogP contribution in [-0.4, -0.2) is 35.8 Å². The molecule has 1 aliphatic carbocycles. The molecule has 1 aromatic rings. The largest absolute Gasteiger partial charge is 0.384 e. The second-order valence-corrected chi connectivity index (χ2v) is 5.45. The summed E-state index contributed by atoms with van der Waals surface area (Å²) in [5, 5.41) is 0. The molecule has 5 heteroatoms. The van der Waals surface area contributed by atoms with Crippen LogP contribution in [0.4, 0.5) is 11.6 Å². The maximum Gasteiger partial charge on any atom is 0.136 e. The van der Waals surface area contributed by atoms with Crippen LogP contribution >= 0.6 is 0 Å². The quantitative estimate of drug-likeness (QED) is 0.898. The van der Waals surface area contributed by atoms with Crippen LogP contribution in [0, 0.1) is 0 Å². The van der Waals surface area contributed by atoms with Gasteiger partial charge in [-0.1, -0.05) is 0 Å². The van der Waals surface area contributed by atoms with Crippen LogP contribution in [0.5, 0.6) is 0 Å². The molecule has 2 aliphatic rings. The summed E-state index contributed by atoms with van der Waals surface area (Å²) in [5.41, 5.74) is 5.92. The maximum absolute atomic E-state index is 5.92. The van der Waals surface area contributed by atoms with Gasteiger partial charge >= 0.3 is 0 Å². The van der Waals surface area contributed by atoms with E-state index >= 15 is 0 Å². The van der Waals surface area contributed by atoms with Crippen LogP contribution in [0.1, 0.15) is 44.3 Å². The van der Waals surface area contributed by atoms with E-state index in [1.165, 1.54) is 12.8 Å². The van der Waals surface area contributed by atoms with Crippen molar-refractivity contribution in [2.75, 3.05) is 30.3 Å². The molecule has 3 rings (SSSR count). The lowest BCUT2D eigenvalue weighted by atomic mass is 10.1. The zero-order valence-electron chi connectivity index (χ0n) is 11.5. The number of nitrogens with zero attached hydrogens (tertiary/aromatic N) is 3. The van der Waals surface area contributed by atoms with Gasteiger partial charge in [-0.2, -0.15) is 0 Å². The highest BCUT2D eigenvalue weighted by molar-refractivity contribution is 5.48. The fourth-order valence-corrected chi connectivity index (χ4v) is 2.68. The number of piperidine rings is 1. The number of ether oxygens (including phenoxy) is 1. The molecule has 2 fully saturated rings. The highest BCUT2D eigenvalue weighted by Crippen LogP contribution is 2.39. The van der Waals surface area contributed by atoms with E-state index in [1.54, 1.807) is 0 Å². The van der Waals surface area contributed by atoms with Crippen LogP contribution in [0.25, 0.3) is 0 Å². The first-order valence-corrected chi connectivity index (χ1v) is 7.27. The van der Waals surface area contributed by atoms with Crippen molar-refractivity contribution in [1.29, 1.82) is 0 Å². The predicted molar refractivity (Wildman–Crippen MR) is 75.3 cm³/mol. The van der Waals surface area contributed by atoms with Crippen LogP contribution in [0.3, 0.4) is 0 Å². The van der Waals surface area contributed by atoms with Gasteiger partial charge in [0.25, 0.3) is 0 Å². The summed E-state index contributed by atoms with van der Waals surface area (Å²) in [6.45, 7) is 4.77. The lowest BCUT2D eigenvalue weighted by molar-refractivity contribution is 0.0525. The molecule has 1 atom stereocenters. The molecule has 1 aromatic heterocycles. The number of aromatic nitrogens is 2. The Balaban J connectivity index is 1.76. The SMILES string of the molecule is CCOC1CCCN(c2cc(N)nc(C3CC3)n2)C1. The molecule has 0 bridgehead atoms. The van der Waals surface area contributed by atoms with Gasteiger partial charge in [-0.3, -0.25) is 0 Å². The van der Waals surface area contributed by atoms with Crippen molar-refractivity contribution in [2.45, 2.75) is 44.6 Å². The molecule has 0 amide bonds. The van der Waals surface area contributed by atoms with Crippen LogP contribution < -0.4 is 10.6 Å². The van der Waals surface area contributed by atoms with Crippen LogP contribution in [-0.2, 0) is 4.74 Å². The number of anilines is 2. The molecule has 1 aliphatic heterocycles. The van der Waals surface area contributed by atoms with E-state index < -0.39 is 0 Å². The molecular weight excluding hydrogens is 240 g/mol. The summed E-state index contributed by atoms with van der Waals surface area (Å²) in [5.74, 6) is 3.02. The molecule has 5 nitrogen and oxygen atoms in total. The maximum atomic E-state index is 5.92. The van der Waals surface area contributed by atoms with Crippen molar-refractivity contribution >= 4 is 11.6 Å². The minimum atomic E-state index is 0.319. The van der Waals surface area contributed by atoms with Gasteiger partial charge in [-0.15, -0.1) is 0 Å². The van der Waals surface area contributed by atoms with Gasteiger partial charge in [0.05, 0.1) is 6.10 Å². The van der Waals surface area contributed by atoms with Crippen molar-refractivity contribution in [3.05, 3.63) is 11.9 Å². The Bertz CT molecular complexity index is 445. The number of nitrogens with two attached hydrogens (primary N) is 1. The van der Waals surface area contributed by atoms with E-state index in [-0.39, 0.29) is 0 Å². The highest BCUT2D eigenvalue weighted by Gasteiger charge is 2.28. The second-order valence-electron chi connectivity index (χ2n) is 5.45. The molecule has 0 radical (unpaired) electrons. The van der Waals surface area contributed by atoms with Gasteiger partial charge in [-0.25, -0.2) is 9.97 Å². The van der Waals surface area contributed by atoms with Crippen molar-refractivity contribution < 1.29 is 4.74 Å². The minimum absolute atomic E-state index is 0.319. The predicted octanol–water partition coefficient (Wildman–Crippen LogP) is 1.94. The first kappa shape index (κ1) is 12.7. The van der Waals surface area contributed by atoms with Crippen molar-refractivity contribution in [2.24, 2.45) is 0 Å². The number of nitrogen functional groups attached to an aromatic ring is 1. The van der Waals surface area contributed by atoms with Gasteiger partial charge in [0, 0.05) is 31.7 Å². The Labute approximate surface area is 114 Å². The molecule has 1 saturated carbocycles. The summed E-state index contributed by atoms with van der Waals surface area (Å²) in [7, 11) is 0. The smallest absolute Gasteiger partial charge is 0.136 e. The molecule has 0 spiro atoms. The zero-order chi connectivity index (χ0) is 13.2. The summed E-state index contributed by atoms with van der Waals surface area (Å²) in [4.78, 5) is 11.3. The summed E-state index contributed by atoms with van der Waals surface area (Å²) < 4.78 is 5.74. The van der Waals surface area contributed by atoms with Gasteiger partial charge in [-0.05, 0) is 32.6 Å². The van der Waals surface area contributed by atoms with Crippen molar-refractivity contribution in [3.63, 3.8) is 0 Å². The minimum Gasteiger partial charge on any atom is -0.384 e. The molecule has 1 unspecified atom stereocenters. The fraction of sp³-hybridized carbons (Fsp3) is 0.714. The monoisotopic (exact) mass is 262 g/mol. The van der Waals surface area contributed by atoms with E-state index in [0.29, 0.717) is 17.8 Å². The highest BCUT2D eigenvalue weighted by atomic mass is 16.5. The van der Waals surface area contributed by atoms with Crippen LogP contribution in [0.2, 0.25) is 0 Å². The first-order valence-electron chi connectivity index (χ1n) is 7.27. The molecule has 1 saturated heterocycles. The Morgan fingerprint density at radius 1 is 1.37 bits per heavy atom. The Morgan fingerprint density at radius 3 is 2.95 bits per heavy atom. The van der Waals surface area contributed by atoms with Crippen molar-refractivity contribution in [1.82, 2.24) is 9.97 Å². The standard InChI is InChI=1S/C14H22N4O/c1-2-19-11-4-3-7-18(9-11)13-8-12(15)16-14(17-13)10-5-6-10/h8,10-11H,2-7,9H2,1H3,(H2,15,16,17). The number of hydrogen-bond donors (Lipinski definition) is 1. The molecule has 104 valence electrons. The lowest BCUT2D eigenvalue weighted by Gasteiger charge is -2.33. The number of rotatable bonds is 4. The van der Waals surface area contributed by atoms with E-state index in [2.05, 4.69) is 9.88 Å². The number of hydrogen-bond acceptors (Lipinski definition) is 5. The first-order chi connectivity index (χ1) is 9.26. The second kappa shape index (κ2) is 5.33. The fourth-order valence-electron chi connectivity index (χ4n) is 2.68. The third-order valence-corrected chi connectivity index (χ3v) is 3.80. The third-order valence-electron chi connectivity index (χ3n) is 3.80. The molecular formula is C14H22N4O. The van der Waals surface area contributed by atoms with Gasteiger partial charge < -0.3 is 15.4 Å². The Hall–Kier alpha value is -1.36. The Morgan fingerprint density at radius 2 is 2.21 bits per heavy atom. The summed E-state index contributed by atoms with van der Waals surface area (Å²) >= 11 is 0. The van der Waals surface area contributed by atoms with Gasteiger partial charge in [0.15, 0.2) is 0 Å². The third kappa shape index (κ3) is 2.97. The van der Waals surface area contributed by atoms with Crippen LogP contribution in [0.15, 0.2) is 6.07 Å². The lowest BCUT2D eigenvalue weighted by Crippen LogP contribution is -2.40. The summed E-state index contributed by atoms with van der Waals surface area (Å²) in [6.07, 6.45) is 5.00. The average Bonchev–Trinajstić information content (AvgIpc) is 3.23. The van der Waals surface area contributed by atoms with E-state index in [9.17, 15) is 0 Å². The van der Waals surface area contributed by atoms with E-state index in [1.807, 2.05) is 13.0 Å². The van der Waals surface area contributed by atoms with Crippen molar-refractivity contribution in [3.8, 4) is 0 Å². The molecule has 0 aromatic carbocycles. The topological polar surface area (TPSA) is 64.3 Å². The van der Waals surface area contributed by atoms with E-state index in [0.717, 1.165) is 44.2 Å². The zero-order valence-corrected chi connectivity index (χ0v) is 11.5. The molecule has 19 heavy (non-hydrogen) atoms. The Kier molecular flexibility index (Phi) is 3.55. The average molecular weight is 262 g/mol. The summed E-state index contributed by atoms with van der Waals surface area (Å²) in [6, 6.07) is 1.89. The van der Waals surface area contributed by atoms with E-state index in [4.69, 9.17) is 15.5 Å². The van der Waals surface area contributed by atoms with Gasteiger partial charge in [0.1, 0.15) is 17.5 Å². The molecule has 2 heterocycles. The molecule has 2 N–H and O–H groups in total. The normalized spacial score (nSPS) is 23.6. The van der Waals surface area contributed by atoms with Gasteiger partial charge in [0.2, 0.25) is 0 Å².